The first-order chi connectivity index (χ1) is 9.67. The van der Waals surface area contributed by atoms with E-state index in [2.05, 4.69) is 23.6 Å². The van der Waals surface area contributed by atoms with Crippen molar-refractivity contribution in [3.8, 4) is 0 Å². The molecule has 0 fully saturated rings. The lowest BCUT2D eigenvalue weighted by atomic mass is 10.3. The Labute approximate surface area is 123 Å². The van der Waals surface area contributed by atoms with E-state index >= 15 is 0 Å². The maximum absolute atomic E-state index is 11.0. The molecule has 116 valence electrons. The second-order valence-corrected chi connectivity index (χ2v) is 3.05. The highest BCUT2D eigenvalue weighted by atomic mass is 16.2. The average molecular weight is 283 g/mol. The number of amides is 2. The summed E-state index contributed by atoms with van der Waals surface area (Å²) in [5, 5.41) is 2.49. The Balaban J connectivity index is -0.000000656. The fourth-order valence-corrected chi connectivity index (χ4v) is 1.04. The molecule has 0 aliphatic rings. The van der Waals surface area contributed by atoms with E-state index in [4.69, 9.17) is 0 Å². The van der Waals surface area contributed by atoms with Crippen molar-refractivity contribution in [2.75, 3.05) is 20.1 Å². The zero-order valence-corrected chi connectivity index (χ0v) is 13.5. The van der Waals surface area contributed by atoms with Gasteiger partial charge < -0.3 is 10.2 Å². The number of hydrogen-bond donors (Lipinski definition) is 1. The van der Waals surface area contributed by atoms with Crippen LogP contribution in [0.15, 0.2) is 29.4 Å². The molecule has 0 aromatic rings. The smallest absolute Gasteiger partial charge is 0.221 e. The number of allylic oxidation sites excluding steroid dienone is 2. The second-order valence-electron chi connectivity index (χ2n) is 3.05. The summed E-state index contributed by atoms with van der Waals surface area (Å²) in [6.45, 7) is 15.6. The number of hydrogen-bond acceptors (Lipinski definition) is 3. The first kappa shape index (κ1) is 23.2. The van der Waals surface area contributed by atoms with Crippen LogP contribution in [0.3, 0.4) is 0 Å². The van der Waals surface area contributed by atoms with Gasteiger partial charge in [-0.25, -0.2) is 0 Å². The molecule has 0 saturated heterocycles. The molecule has 0 atom stereocenters. The molecule has 0 aromatic carbocycles. The highest BCUT2D eigenvalue weighted by Crippen LogP contribution is 2.00. The molecular weight excluding hydrogens is 254 g/mol. The molecule has 0 aliphatic heterocycles. The first-order valence-electron chi connectivity index (χ1n) is 6.86. The minimum atomic E-state index is -0.104. The largest absolute Gasteiger partial charge is 0.359 e. The van der Waals surface area contributed by atoms with Crippen LogP contribution >= 0.6 is 0 Å². The Bertz CT molecular complexity index is 299. The molecule has 5 heteroatoms. The monoisotopic (exact) mass is 283 g/mol. The van der Waals surface area contributed by atoms with E-state index in [1.54, 1.807) is 19.2 Å². The van der Waals surface area contributed by atoms with Crippen molar-refractivity contribution in [2.45, 2.75) is 34.1 Å². The molecule has 20 heavy (non-hydrogen) atoms. The number of carbonyl (C=O) groups is 2. The van der Waals surface area contributed by atoms with Gasteiger partial charge >= 0.3 is 0 Å². The SMILES string of the molecule is C=C/C=C(/CN(C=O)CCC(=O)NC)N=C.CC.CC. The fraction of sp³-hybridized carbons (Fsp3) is 0.533. The van der Waals surface area contributed by atoms with Gasteiger partial charge in [0.2, 0.25) is 12.3 Å². The molecule has 0 aliphatic carbocycles. The van der Waals surface area contributed by atoms with E-state index in [0.29, 0.717) is 25.2 Å². The minimum Gasteiger partial charge on any atom is -0.359 e. The normalized spacial score (nSPS) is 8.95. The molecule has 2 amide bonds. The summed E-state index contributed by atoms with van der Waals surface area (Å²) in [4.78, 5) is 26.9. The van der Waals surface area contributed by atoms with Crippen LogP contribution in [0, 0.1) is 0 Å². The van der Waals surface area contributed by atoms with Crippen molar-refractivity contribution in [1.82, 2.24) is 10.2 Å². The quantitative estimate of drug-likeness (QED) is 0.422. The van der Waals surface area contributed by atoms with Crippen LogP contribution in [-0.4, -0.2) is 44.1 Å². The average Bonchev–Trinajstić information content (AvgIpc) is 2.53. The van der Waals surface area contributed by atoms with Crippen molar-refractivity contribution in [3.63, 3.8) is 0 Å². The molecule has 0 spiro atoms. The first-order valence-corrected chi connectivity index (χ1v) is 6.86. The van der Waals surface area contributed by atoms with Crippen molar-refractivity contribution in [1.29, 1.82) is 0 Å². The van der Waals surface area contributed by atoms with Gasteiger partial charge in [-0.05, 0) is 12.8 Å². The summed E-state index contributed by atoms with van der Waals surface area (Å²) in [7, 11) is 1.56. The maximum atomic E-state index is 11.0. The van der Waals surface area contributed by atoms with Gasteiger partial charge in [0.1, 0.15) is 0 Å². The van der Waals surface area contributed by atoms with E-state index < -0.39 is 0 Å². The van der Waals surface area contributed by atoms with Crippen molar-refractivity contribution < 1.29 is 9.59 Å². The van der Waals surface area contributed by atoms with Crippen molar-refractivity contribution >= 4 is 19.0 Å². The molecule has 0 saturated carbocycles. The number of nitrogens with one attached hydrogen (secondary N) is 1. The number of rotatable bonds is 8. The zero-order valence-electron chi connectivity index (χ0n) is 13.5. The summed E-state index contributed by atoms with van der Waals surface area (Å²) in [5.74, 6) is -0.104. The van der Waals surface area contributed by atoms with E-state index in [1.807, 2.05) is 27.7 Å². The lowest BCUT2D eigenvalue weighted by Crippen LogP contribution is -2.29. The lowest BCUT2D eigenvalue weighted by molar-refractivity contribution is -0.122. The highest BCUT2D eigenvalue weighted by molar-refractivity contribution is 5.75. The molecule has 0 rings (SSSR count). The van der Waals surface area contributed by atoms with Crippen LogP contribution in [0.1, 0.15) is 34.1 Å². The topological polar surface area (TPSA) is 61.8 Å². The molecular formula is C15H29N3O2. The minimum absolute atomic E-state index is 0.104. The summed E-state index contributed by atoms with van der Waals surface area (Å²) in [6, 6.07) is 0. The van der Waals surface area contributed by atoms with Crippen LogP contribution in [0.5, 0.6) is 0 Å². The Morgan fingerprint density at radius 1 is 1.30 bits per heavy atom. The third kappa shape index (κ3) is 14.2. The third-order valence-corrected chi connectivity index (χ3v) is 1.93. The third-order valence-electron chi connectivity index (χ3n) is 1.93. The predicted octanol–water partition coefficient (Wildman–Crippen LogP) is 2.40. The Morgan fingerprint density at radius 3 is 2.20 bits per heavy atom. The summed E-state index contributed by atoms with van der Waals surface area (Å²) in [5.41, 5.74) is 0.638. The lowest BCUT2D eigenvalue weighted by Gasteiger charge is -2.16. The standard InChI is InChI=1S/C11H17N3O2.2C2H6/c1-4-5-10(12-2)8-14(9-15)7-6-11(16)13-3;2*1-2/h4-5,9H,1-2,6-8H2,3H3,(H,13,16);2*1-2H3/b10-5-;;. The predicted molar refractivity (Wildman–Crippen MR) is 86.8 cm³/mol. The van der Waals surface area contributed by atoms with Gasteiger partial charge in [-0.15, -0.1) is 0 Å². The second kappa shape index (κ2) is 19.4. The van der Waals surface area contributed by atoms with Gasteiger partial charge in [0.25, 0.3) is 0 Å². The van der Waals surface area contributed by atoms with Crippen LogP contribution in [0.2, 0.25) is 0 Å². The molecule has 0 unspecified atom stereocenters. The van der Waals surface area contributed by atoms with Crippen LogP contribution in [-0.2, 0) is 9.59 Å². The Hall–Kier alpha value is -1.91. The Morgan fingerprint density at radius 2 is 1.85 bits per heavy atom. The molecule has 0 heterocycles. The summed E-state index contributed by atoms with van der Waals surface area (Å²) < 4.78 is 0. The van der Waals surface area contributed by atoms with Gasteiger partial charge in [-0.1, -0.05) is 40.3 Å². The van der Waals surface area contributed by atoms with Crippen molar-refractivity contribution in [3.05, 3.63) is 24.4 Å². The van der Waals surface area contributed by atoms with E-state index in [1.165, 1.54) is 4.90 Å². The van der Waals surface area contributed by atoms with Crippen LogP contribution in [0.4, 0.5) is 0 Å². The maximum Gasteiger partial charge on any atom is 0.221 e. The summed E-state index contributed by atoms with van der Waals surface area (Å²) >= 11 is 0. The number of nitrogens with zero attached hydrogens (tertiary/aromatic N) is 2. The molecule has 5 nitrogen and oxygen atoms in total. The van der Waals surface area contributed by atoms with Gasteiger partial charge in [0.15, 0.2) is 0 Å². The van der Waals surface area contributed by atoms with E-state index in [0.717, 1.165) is 0 Å². The molecule has 0 aromatic heterocycles. The van der Waals surface area contributed by atoms with Crippen LogP contribution < -0.4 is 5.32 Å². The van der Waals surface area contributed by atoms with Gasteiger partial charge in [0, 0.05) is 20.0 Å². The molecule has 1 N–H and O–H groups in total. The molecule has 0 radical (unpaired) electrons. The highest BCUT2D eigenvalue weighted by Gasteiger charge is 2.06. The number of carbonyl (C=O) groups excluding carboxylic acids is 2. The van der Waals surface area contributed by atoms with Gasteiger partial charge in [-0.2, -0.15) is 0 Å². The van der Waals surface area contributed by atoms with Crippen LogP contribution in [0.25, 0.3) is 0 Å². The number of aliphatic imine (C=N–C) groups is 1. The molecule has 0 bridgehead atoms. The van der Waals surface area contributed by atoms with Gasteiger partial charge in [-0.3, -0.25) is 14.6 Å². The zero-order chi connectivity index (χ0) is 16.4. The van der Waals surface area contributed by atoms with E-state index in [-0.39, 0.29) is 12.3 Å². The van der Waals surface area contributed by atoms with E-state index in [9.17, 15) is 9.59 Å². The Kier molecular flexibility index (Phi) is 22.5. The fourth-order valence-electron chi connectivity index (χ4n) is 1.04. The summed E-state index contributed by atoms with van der Waals surface area (Å²) in [6.07, 6.45) is 4.20. The van der Waals surface area contributed by atoms with Gasteiger partial charge in [0.05, 0.1) is 12.2 Å². The van der Waals surface area contributed by atoms with Crippen molar-refractivity contribution in [2.24, 2.45) is 4.99 Å².